The van der Waals surface area contributed by atoms with Crippen molar-refractivity contribution in [2.75, 3.05) is 0 Å². The Kier molecular flexibility index (Phi) is 4.78. The van der Waals surface area contributed by atoms with Gasteiger partial charge in [-0.25, -0.2) is 0 Å². The molecule has 13 rings (SSSR count). The molecule has 1 fully saturated rings. The van der Waals surface area contributed by atoms with Crippen molar-refractivity contribution in [1.82, 2.24) is 4.57 Å². The number of rotatable bonds is 2. The molecule has 2 heteroatoms. The molecule has 5 aliphatic carbocycles. The monoisotopic (exact) mass is 627 g/mol. The molecular formula is C47H33NO. The molecule has 0 saturated heterocycles. The Morgan fingerprint density at radius 2 is 1.24 bits per heavy atom. The lowest BCUT2D eigenvalue weighted by Crippen LogP contribution is -2.14. The zero-order valence-electron chi connectivity index (χ0n) is 27.4. The lowest BCUT2D eigenvalue weighted by Gasteiger charge is -2.21. The van der Waals surface area contributed by atoms with Crippen LogP contribution in [-0.4, -0.2) is 4.57 Å². The third-order valence-electron chi connectivity index (χ3n) is 12.4. The molecule has 49 heavy (non-hydrogen) atoms. The van der Waals surface area contributed by atoms with Gasteiger partial charge in [-0.2, -0.15) is 0 Å². The summed E-state index contributed by atoms with van der Waals surface area (Å²) in [6, 6.07) is 43.2. The molecule has 0 radical (unpaired) electrons. The lowest BCUT2D eigenvalue weighted by atomic mass is 9.82. The molecule has 2 nitrogen and oxygen atoms in total. The van der Waals surface area contributed by atoms with Crippen molar-refractivity contribution in [1.29, 1.82) is 0 Å². The smallest absolute Gasteiger partial charge is 0.135 e. The van der Waals surface area contributed by atoms with Crippen LogP contribution in [0.5, 0.6) is 0 Å². The number of para-hydroxylation sites is 1. The van der Waals surface area contributed by atoms with Crippen molar-refractivity contribution in [2.24, 2.45) is 11.8 Å². The zero-order valence-corrected chi connectivity index (χ0v) is 27.4. The Morgan fingerprint density at radius 3 is 2.08 bits per heavy atom. The van der Waals surface area contributed by atoms with Crippen molar-refractivity contribution in [2.45, 2.75) is 31.1 Å². The summed E-state index contributed by atoms with van der Waals surface area (Å²) in [6.45, 7) is 4.73. The summed E-state index contributed by atoms with van der Waals surface area (Å²) in [7, 11) is 0. The number of nitrogens with zero attached hydrogens (tertiary/aromatic N) is 1. The van der Waals surface area contributed by atoms with Gasteiger partial charge in [0.1, 0.15) is 11.2 Å². The van der Waals surface area contributed by atoms with E-state index < -0.39 is 0 Å². The second kappa shape index (κ2) is 8.89. The molecule has 0 spiro atoms. The number of fused-ring (bicyclic) bond motifs is 9. The van der Waals surface area contributed by atoms with Gasteiger partial charge in [-0.15, -0.1) is 0 Å². The minimum atomic E-state index is -0.0587. The Labute approximate surface area is 284 Å². The highest BCUT2D eigenvalue weighted by Gasteiger charge is 2.51. The standard InChI is InChI=1S/C47H33NO/c1-47(2)40-11-7-6-10-30(40)34-23-36-35-20-27(14-18-42(35)48(43(36)25-41(34)47)29-8-4-3-5-9-29)28-15-19-44-37(21-28)38-22-33-26-12-16-31-32(17-13-26)46(31)39(33)24-45(38)49-44/h3-26,31-32,46H,1-2H3. The van der Waals surface area contributed by atoms with Gasteiger partial charge < -0.3 is 8.98 Å². The van der Waals surface area contributed by atoms with E-state index in [9.17, 15) is 0 Å². The summed E-state index contributed by atoms with van der Waals surface area (Å²) >= 11 is 0. The average molecular weight is 628 g/mol. The fourth-order valence-electron chi connectivity index (χ4n) is 9.90. The van der Waals surface area contributed by atoms with E-state index in [-0.39, 0.29) is 5.41 Å². The Hall–Kier alpha value is -5.60. The maximum Gasteiger partial charge on any atom is 0.135 e. The van der Waals surface area contributed by atoms with Crippen LogP contribution in [0.25, 0.3) is 71.7 Å². The lowest BCUT2D eigenvalue weighted by molar-refractivity contribution is 0.661. The van der Waals surface area contributed by atoms with Gasteiger partial charge >= 0.3 is 0 Å². The largest absolute Gasteiger partial charge is 0.456 e. The van der Waals surface area contributed by atoms with Crippen LogP contribution in [-0.2, 0) is 5.41 Å². The number of hydrogen-bond donors (Lipinski definition) is 0. The minimum Gasteiger partial charge on any atom is -0.456 e. The molecule has 5 aliphatic rings. The number of furan rings is 1. The van der Waals surface area contributed by atoms with E-state index in [1.807, 2.05) is 0 Å². The minimum absolute atomic E-state index is 0.0587. The normalized spacial score (nSPS) is 22.1. The third-order valence-corrected chi connectivity index (χ3v) is 12.4. The fourth-order valence-corrected chi connectivity index (χ4v) is 9.90. The first-order valence-corrected chi connectivity index (χ1v) is 17.7. The molecule has 2 heterocycles. The first kappa shape index (κ1) is 26.4. The van der Waals surface area contributed by atoms with Gasteiger partial charge in [0, 0.05) is 38.6 Å². The number of hydrogen-bond acceptors (Lipinski definition) is 1. The Balaban J connectivity index is 1.08. The van der Waals surface area contributed by atoms with E-state index >= 15 is 0 Å². The molecular weight excluding hydrogens is 595 g/mol. The van der Waals surface area contributed by atoms with Crippen molar-refractivity contribution < 1.29 is 4.42 Å². The van der Waals surface area contributed by atoms with E-state index in [2.05, 4.69) is 158 Å². The summed E-state index contributed by atoms with van der Waals surface area (Å²) in [5, 5.41) is 4.98. The van der Waals surface area contributed by atoms with Gasteiger partial charge in [0.15, 0.2) is 0 Å². The van der Waals surface area contributed by atoms with Crippen LogP contribution in [0.3, 0.4) is 0 Å². The highest BCUT2D eigenvalue weighted by atomic mass is 16.3. The maximum atomic E-state index is 6.53. The first-order valence-electron chi connectivity index (χ1n) is 17.7. The average Bonchev–Trinajstić information content (AvgIpc) is 3.67. The van der Waals surface area contributed by atoms with Gasteiger partial charge in [0.25, 0.3) is 0 Å². The van der Waals surface area contributed by atoms with Crippen LogP contribution in [0.15, 0.2) is 144 Å². The molecule has 2 aromatic heterocycles. The Bertz CT molecular complexity index is 2800. The molecule has 232 valence electrons. The van der Waals surface area contributed by atoms with Crippen LogP contribution in [0.1, 0.15) is 47.9 Å². The molecule has 0 N–H and O–H groups in total. The van der Waals surface area contributed by atoms with E-state index in [0.29, 0.717) is 23.7 Å². The summed E-state index contributed by atoms with van der Waals surface area (Å²) in [4.78, 5) is 0. The molecule has 8 aromatic rings. The molecule has 6 aromatic carbocycles. The third kappa shape index (κ3) is 3.37. The Morgan fingerprint density at radius 1 is 0.531 bits per heavy atom. The van der Waals surface area contributed by atoms with Crippen LogP contribution < -0.4 is 0 Å². The zero-order chi connectivity index (χ0) is 32.2. The SMILES string of the molecule is CC1(C)c2ccccc2-c2cc3c4cc(-c5ccc6oc7cc8c(cc7c6c5)C5C=CC6C(C=C5)C86)ccc4n(-c4ccccc4)c3cc21. The van der Waals surface area contributed by atoms with E-state index in [1.54, 1.807) is 0 Å². The van der Waals surface area contributed by atoms with Gasteiger partial charge in [0.2, 0.25) is 0 Å². The predicted molar refractivity (Wildman–Crippen MR) is 202 cm³/mol. The topological polar surface area (TPSA) is 18.1 Å². The first-order chi connectivity index (χ1) is 24.0. The highest BCUT2D eigenvalue weighted by Crippen LogP contribution is 2.61. The molecule has 2 atom stereocenters. The molecule has 0 amide bonds. The van der Waals surface area contributed by atoms with Crippen LogP contribution in [0.4, 0.5) is 0 Å². The summed E-state index contributed by atoms with van der Waals surface area (Å²) in [5.74, 6) is 2.27. The van der Waals surface area contributed by atoms with E-state index in [0.717, 1.165) is 11.2 Å². The van der Waals surface area contributed by atoms with Gasteiger partial charge in [0.05, 0.1) is 11.0 Å². The fraction of sp³-hybridized carbons (Fsp3) is 0.149. The van der Waals surface area contributed by atoms with Crippen molar-refractivity contribution in [3.05, 3.63) is 162 Å². The highest BCUT2D eigenvalue weighted by molar-refractivity contribution is 6.13. The summed E-state index contributed by atoms with van der Waals surface area (Å²) < 4.78 is 8.98. The second-order valence-corrected chi connectivity index (χ2v) is 15.3. The van der Waals surface area contributed by atoms with E-state index in [4.69, 9.17) is 4.42 Å². The maximum absolute atomic E-state index is 6.53. The van der Waals surface area contributed by atoms with Crippen LogP contribution in [0.2, 0.25) is 0 Å². The van der Waals surface area contributed by atoms with Crippen molar-refractivity contribution >= 4 is 43.7 Å². The quantitative estimate of drug-likeness (QED) is 0.174. The summed E-state index contributed by atoms with van der Waals surface area (Å²) in [5.41, 5.74) is 16.5. The second-order valence-electron chi connectivity index (χ2n) is 15.3. The van der Waals surface area contributed by atoms with Gasteiger partial charge in [-0.05, 0) is 123 Å². The predicted octanol–water partition coefficient (Wildman–Crippen LogP) is 12.2. The van der Waals surface area contributed by atoms with Gasteiger partial charge in [-0.3, -0.25) is 0 Å². The molecule has 0 aliphatic heterocycles. The molecule has 2 unspecified atom stereocenters. The van der Waals surface area contributed by atoms with E-state index in [1.165, 1.54) is 82.8 Å². The van der Waals surface area contributed by atoms with Crippen molar-refractivity contribution in [3.63, 3.8) is 0 Å². The van der Waals surface area contributed by atoms with Crippen LogP contribution >= 0.6 is 0 Å². The van der Waals surface area contributed by atoms with Crippen molar-refractivity contribution in [3.8, 4) is 27.9 Å². The number of aromatic nitrogens is 1. The summed E-state index contributed by atoms with van der Waals surface area (Å²) in [6.07, 6.45) is 9.75. The molecule has 1 saturated carbocycles. The van der Waals surface area contributed by atoms with Gasteiger partial charge in [-0.1, -0.05) is 92.7 Å². The molecule has 4 bridgehead atoms. The number of benzene rings is 6. The van der Waals surface area contributed by atoms with Crippen LogP contribution in [0, 0.1) is 11.8 Å². The number of allylic oxidation sites excluding steroid dienone is 4.